The second-order valence-electron chi connectivity index (χ2n) is 6.79. The van der Waals surface area contributed by atoms with Crippen LogP contribution in [0.4, 0.5) is 0 Å². The van der Waals surface area contributed by atoms with E-state index in [1.54, 1.807) is 6.33 Å². The molecule has 1 aromatic heterocycles. The van der Waals surface area contributed by atoms with Crippen LogP contribution in [0.1, 0.15) is 49.8 Å². The van der Waals surface area contributed by atoms with Crippen molar-refractivity contribution in [1.29, 1.82) is 0 Å². The number of rotatable bonds is 7. The Morgan fingerprint density at radius 1 is 1.33 bits per heavy atom. The van der Waals surface area contributed by atoms with Crippen molar-refractivity contribution in [3.05, 3.63) is 23.8 Å². The molecule has 2 heterocycles. The van der Waals surface area contributed by atoms with Gasteiger partial charge in [0.15, 0.2) is 0 Å². The maximum Gasteiger partial charge on any atom is 0.234 e. The summed E-state index contributed by atoms with van der Waals surface area (Å²) in [7, 11) is 0. The third-order valence-electron chi connectivity index (χ3n) is 4.87. The van der Waals surface area contributed by atoms with E-state index in [2.05, 4.69) is 20.2 Å². The third-order valence-corrected chi connectivity index (χ3v) is 4.87. The molecule has 1 aliphatic heterocycles. The molecule has 1 N–H and O–H groups in total. The van der Waals surface area contributed by atoms with E-state index in [0.29, 0.717) is 19.2 Å². The third kappa shape index (κ3) is 5.24. The van der Waals surface area contributed by atoms with Crippen LogP contribution in [0.3, 0.4) is 0 Å². The van der Waals surface area contributed by atoms with Crippen LogP contribution in [-0.4, -0.2) is 53.1 Å². The molecule has 1 saturated carbocycles. The van der Waals surface area contributed by atoms with Crippen molar-refractivity contribution in [3.8, 4) is 0 Å². The van der Waals surface area contributed by atoms with Crippen LogP contribution in [0.25, 0.3) is 0 Å². The van der Waals surface area contributed by atoms with E-state index < -0.39 is 0 Å². The fraction of sp³-hybridized carbons (Fsp3) is 0.722. The summed E-state index contributed by atoms with van der Waals surface area (Å²) in [6.45, 7) is 3.50. The number of aromatic nitrogens is 2. The molecule has 1 amide bonds. The number of carbonyl (C=O) groups is 1. The highest BCUT2D eigenvalue weighted by atomic mass is 16.5. The fourth-order valence-electron chi connectivity index (χ4n) is 3.48. The molecule has 0 aromatic carbocycles. The lowest BCUT2D eigenvalue weighted by molar-refractivity contribution is -0.122. The Hall–Kier alpha value is -1.53. The summed E-state index contributed by atoms with van der Waals surface area (Å²) in [6, 6.07) is 0. The lowest BCUT2D eigenvalue weighted by Gasteiger charge is -2.26. The highest BCUT2D eigenvalue weighted by Gasteiger charge is 2.19. The number of nitrogens with one attached hydrogen (secondary N) is 1. The predicted octanol–water partition coefficient (Wildman–Crippen LogP) is 1.69. The summed E-state index contributed by atoms with van der Waals surface area (Å²) in [6.07, 6.45) is 12.1. The minimum Gasteiger partial charge on any atom is -0.378 e. The first-order chi connectivity index (χ1) is 11.8. The Bertz CT molecular complexity index is 532. The van der Waals surface area contributed by atoms with E-state index in [4.69, 9.17) is 4.74 Å². The van der Waals surface area contributed by atoms with Gasteiger partial charge < -0.3 is 10.1 Å². The molecule has 6 nitrogen and oxygen atoms in total. The van der Waals surface area contributed by atoms with Gasteiger partial charge in [0, 0.05) is 32.4 Å². The van der Waals surface area contributed by atoms with Gasteiger partial charge in [0.1, 0.15) is 6.33 Å². The monoisotopic (exact) mass is 332 g/mol. The van der Waals surface area contributed by atoms with E-state index in [9.17, 15) is 4.79 Å². The second-order valence-corrected chi connectivity index (χ2v) is 6.79. The van der Waals surface area contributed by atoms with E-state index >= 15 is 0 Å². The Kier molecular flexibility index (Phi) is 6.55. The molecule has 1 fully saturated rings. The Balaban J connectivity index is 1.28. The average Bonchev–Trinajstić information content (AvgIpc) is 2.62. The van der Waals surface area contributed by atoms with Crippen LogP contribution in [-0.2, 0) is 22.5 Å². The molecule has 6 heteroatoms. The van der Waals surface area contributed by atoms with Gasteiger partial charge in [0.25, 0.3) is 0 Å². The topological polar surface area (TPSA) is 67.4 Å². The van der Waals surface area contributed by atoms with Gasteiger partial charge in [-0.2, -0.15) is 0 Å². The van der Waals surface area contributed by atoms with E-state index in [0.717, 1.165) is 38.2 Å². The van der Waals surface area contributed by atoms with Crippen molar-refractivity contribution in [2.45, 2.75) is 57.6 Å². The first-order valence-corrected chi connectivity index (χ1v) is 9.19. The SMILES string of the molecule is O=C(CN1CCc2cncnc2C1)NCCCOC1CCCCC1. The van der Waals surface area contributed by atoms with Crippen LogP contribution in [0.15, 0.2) is 12.5 Å². The Labute approximate surface area is 144 Å². The number of carbonyl (C=O) groups excluding carboxylic acids is 1. The van der Waals surface area contributed by atoms with Gasteiger partial charge in [-0.3, -0.25) is 9.69 Å². The quantitative estimate of drug-likeness (QED) is 0.770. The lowest BCUT2D eigenvalue weighted by atomic mass is 9.98. The number of nitrogens with zero attached hydrogens (tertiary/aromatic N) is 3. The summed E-state index contributed by atoms with van der Waals surface area (Å²) in [5, 5.41) is 3.00. The van der Waals surface area contributed by atoms with Gasteiger partial charge >= 0.3 is 0 Å². The van der Waals surface area contributed by atoms with Crippen LogP contribution in [0.5, 0.6) is 0 Å². The summed E-state index contributed by atoms with van der Waals surface area (Å²) in [4.78, 5) is 22.6. The first-order valence-electron chi connectivity index (χ1n) is 9.19. The number of hydrogen-bond acceptors (Lipinski definition) is 5. The minimum absolute atomic E-state index is 0.0881. The molecular weight excluding hydrogens is 304 g/mol. The molecule has 0 saturated heterocycles. The zero-order valence-corrected chi connectivity index (χ0v) is 14.4. The first kappa shape index (κ1) is 17.3. The molecular formula is C18H28N4O2. The largest absolute Gasteiger partial charge is 0.378 e. The van der Waals surface area contributed by atoms with Crippen LogP contribution in [0, 0.1) is 0 Å². The number of ether oxygens (including phenoxy) is 1. The molecule has 24 heavy (non-hydrogen) atoms. The van der Waals surface area contributed by atoms with Gasteiger partial charge in [-0.05, 0) is 31.2 Å². The van der Waals surface area contributed by atoms with Crippen molar-refractivity contribution in [2.75, 3.05) is 26.2 Å². The number of fused-ring (bicyclic) bond motifs is 1. The van der Waals surface area contributed by atoms with Crippen molar-refractivity contribution < 1.29 is 9.53 Å². The molecule has 1 aromatic rings. The summed E-state index contributed by atoms with van der Waals surface area (Å²) in [5.41, 5.74) is 2.25. The second kappa shape index (κ2) is 9.08. The maximum atomic E-state index is 12.1. The predicted molar refractivity (Wildman–Crippen MR) is 91.5 cm³/mol. The molecule has 1 aliphatic carbocycles. The van der Waals surface area contributed by atoms with Gasteiger partial charge in [-0.15, -0.1) is 0 Å². The Morgan fingerprint density at radius 2 is 2.21 bits per heavy atom. The highest BCUT2D eigenvalue weighted by molar-refractivity contribution is 5.78. The summed E-state index contributed by atoms with van der Waals surface area (Å²) >= 11 is 0. The van der Waals surface area contributed by atoms with Crippen molar-refractivity contribution in [2.24, 2.45) is 0 Å². The summed E-state index contributed by atoms with van der Waals surface area (Å²) in [5.74, 6) is 0.0881. The van der Waals surface area contributed by atoms with Gasteiger partial charge in [-0.25, -0.2) is 9.97 Å². The van der Waals surface area contributed by atoms with Gasteiger partial charge in [-0.1, -0.05) is 19.3 Å². The van der Waals surface area contributed by atoms with E-state index in [1.807, 2.05) is 6.20 Å². The molecule has 0 spiro atoms. The van der Waals surface area contributed by atoms with Crippen molar-refractivity contribution in [1.82, 2.24) is 20.2 Å². The average molecular weight is 332 g/mol. The number of hydrogen-bond donors (Lipinski definition) is 1. The molecule has 2 aliphatic rings. The zero-order valence-electron chi connectivity index (χ0n) is 14.4. The molecule has 0 bridgehead atoms. The van der Waals surface area contributed by atoms with Gasteiger partial charge in [0.05, 0.1) is 18.3 Å². The highest BCUT2D eigenvalue weighted by Crippen LogP contribution is 2.20. The van der Waals surface area contributed by atoms with Crippen molar-refractivity contribution in [3.63, 3.8) is 0 Å². The molecule has 0 radical (unpaired) electrons. The zero-order chi connectivity index (χ0) is 16.6. The van der Waals surface area contributed by atoms with Crippen LogP contribution >= 0.6 is 0 Å². The molecule has 0 atom stereocenters. The van der Waals surface area contributed by atoms with E-state index in [1.165, 1.54) is 37.7 Å². The standard InChI is InChI=1S/C18H28N4O2/c23-18(20-8-4-10-24-16-5-2-1-3-6-16)13-22-9-7-15-11-19-14-21-17(15)12-22/h11,14,16H,1-10,12-13H2,(H,20,23). The maximum absolute atomic E-state index is 12.1. The molecule has 3 rings (SSSR count). The number of amides is 1. The smallest absolute Gasteiger partial charge is 0.234 e. The van der Waals surface area contributed by atoms with Gasteiger partial charge in [0.2, 0.25) is 5.91 Å². The van der Waals surface area contributed by atoms with E-state index in [-0.39, 0.29) is 5.91 Å². The minimum atomic E-state index is 0.0881. The normalized spacial score (nSPS) is 19.0. The van der Waals surface area contributed by atoms with Crippen LogP contribution < -0.4 is 5.32 Å². The van der Waals surface area contributed by atoms with Crippen molar-refractivity contribution >= 4 is 5.91 Å². The lowest BCUT2D eigenvalue weighted by Crippen LogP contribution is -2.40. The fourth-order valence-corrected chi connectivity index (χ4v) is 3.48. The Morgan fingerprint density at radius 3 is 3.08 bits per heavy atom. The summed E-state index contributed by atoms with van der Waals surface area (Å²) < 4.78 is 5.88. The molecule has 132 valence electrons. The molecule has 0 unspecified atom stereocenters. The van der Waals surface area contributed by atoms with Crippen LogP contribution in [0.2, 0.25) is 0 Å².